The first-order chi connectivity index (χ1) is 10.3. The van der Waals surface area contributed by atoms with Crippen molar-refractivity contribution in [1.82, 2.24) is 4.31 Å². The zero-order valence-electron chi connectivity index (χ0n) is 13.1. The second-order valence-corrected chi connectivity index (χ2v) is 14.0. The summed E-state index contributed by atoms with van der Waals surface area (Å²) in [5, 5.41) is 0. The van der Waals surface area contributed by atoms with Crippen molar-refractivity contribution < 1.29 is 12.8 Å². The van der Waals surface area contributed by atoms with Gasteiger partial charge < -0.3 is 4.42 Å². The Kier molecular flexibility index (Phi) is 3.78. The first-order valence-corrected chi connectivity index (χ1v) is 12.6. The van der Waals surface area contributed by atoms with E-state index in [1.165, 1.54) is 0 Å². The minimum absolute atomic E-state index is 0.0476. The summed E-state index contributed by atoms with van der Waals surface area (Å²) in [4.78, 5) is 0. The van der Waals surface area contributed by atoms with Crippen LogP contribution < -0.4 is 0 Å². The van der Waals surface area contributed by atoms with E-state index in [0.717, 1.165) is 11.3 Å². The van der Waals surface area contributed by atoms with Gasteiger partial charge in [-0.1, -0.05) is 50.0 Å². The van der Waals surface area contributed by atoms with Gasteiger partial charge in [0.05, 0.1) is 26.1 Å². The number of furan rings is 1. The molecule has 6 heteroatoms. The molecule has 0 saturated carbocycles. The molecule has 0 spiro atoms. The number of benzene rings is 1. The fraction of sp³-hybridized carbons (Fsp3) is 0.375. The third-order valence-corrected chi connectivity index (χ3v) is 8.34. The molecule has 1 aromatic carbocycles. The van der Waals surface area contributed by atoms with Gasteiger partial charge in [-0.25, -0.2) is 8.42 Å². The maximum absolute atomic E-state index is 12.8. The number of sulfonamides is 1. The predicted molar refractivity (Wildman–Crippen MR) is 89.5 cm³/mol. The SMILES string of the molecule is C[Si](C)(C)[C@@H]1[C@H](c2ccco2)N1S(=O)(=O)Cc1ccccc1. The van der Waals surface area contributed by atoms with Crippen LogP contribution in [0.4, 0.5) is 0 Å². The summed E-state index contributed by atoms with van der Waals surface area (Å²) in [6.45, 7) is 6.60. The van der Waals surface area contributed by atoms with Crippen LogP contribution in [0.1, 0.15) is 17.4 Å². The zero-order chi connectivity index (χ0) is 16.0. The predicted octanol–water partition coefficient (Wildman–Crippen LogP) is 3.41. The highest BCUT2D eigenvalue weighted by Crippen LogP contribution is 2.50. The molecular weight excluding hydrogens is 314 g/mol. The Bertz CT molecular complexity index is 735. The lowest BCUT2D eigenvalue weighted by Crippen LogP contribution is -2.33. The molecule has 1 aliphatic heterocycles. The summed E-state index contributed by atoms with van der Waals surface area (Å²) in [7, 11) is -4.99. The van der Waals surface area contributed by atoms with Crippen molar-refractivity contribution in [2.24, 2.45) is 0 Å². The summed E-state index contributed by atoms with van der Waals surface area (Å²) in [6, 6.07) is 12.9. The molecule has 4 nitrogen and oxygen atoms in total. The van der Waals surface area contributed by atoms with Gasteiger partial charge in [0.15, 0.2) is 0 Å². The Morgan fingerprint density at radius 2 is 1.77 bits per heavy atom. The molecule has 2 aromatic rings. The van der Waals surface area contributed by atoms with Gasteiger partial charge in [0, 0.05) is 5.67 Å². The Hall–Kier alpha value is -1.37. The first kappa shape index (κ1) is 15.5. The normalized spacial score (nSPS) is 25.1. The van der Waals surface area contributed by atoms with E-state index in [2.05, 4.69) is 19.6 Å². The molecule has 0 N–H and O–H groups in total. The van der Waals surface area contributed by atoms with Gasteiger partial charge in [-0.3, -0.25) is 0 Å². The molecule has 0 amide bonds. The zero-order valence-corrected chi connectivity index (χ0v) is 14.9. The van der Waals surface area contributed by atoms with Crippen molar-refractivity contribution in [1.29, 1.82) is 0 Å². The van der Waals surface area contributed by atoms with Gasteiger partial charge in [0.1, 0.15) is 5.76 Å². The lowest BCUT2D eigenvalue weighted by molar-refractivity contribution is 0.486. The van der Waals surface area contributed by atoms with Crippen molar-refractivity contribution in [2.75, 3.05) is 0 Å². The van der Waals surface area contributed by atoms with Crippen LogP contribution >= 0.6 is 0 Å². The Balaban J connectivity index is 1.89. The van der Waals surface area contributed by atoms with E-state index in [1.807, 2.05) is 42.5 Å². The quantitative estimate of drug-likeness (QED) is 0.621. The van der Waals surface area contributed by atoms with Gasteiger partial charge >= 0.3 is 0 Å². The van der Waals surface area contributed by atoms with E-state index in [-0.39, 0.29) is 17.5 Å². The molecule has 0 bridgehead atoms. The largest absolute Gasteiger partial charge is 0.468 e. The molecule has 1 unspecified atom stereocenters. The highest BCUT2D eigenvalue weighted by atomic mass is 32.2. The Morgan fingerprint density at radius 1 is 1.09 bits per heavy atom. The van der Waals surface area contributed by atoms with Crippen molar-refractivity contribution in [3.8, 4) is 0 Å². The van der Waals surface area contributed by atoms with E-state index in [4.69, 9.17) is 4.42 Å². The van der Waals surface area contributed by atoms with Crippen LogP contribution in [-0.4, -0.2) is 26.5 Å². The number of hydrogen-bond acceptors (Lipinski definition) is 3. The molecule has 3 atom stereocenters. The van der Waals surface area contributed by atoms with Gasteiger partial charge in [0.2, 0.25) is 10.0 Å². The monoisotopic (exact) mass is 335 g/mol. The smallest absolute Gasteiger partial charge is 0.219 e. The molecule has 0 radical (unpaired) electrons. The first-order valence-electron chi connectivity index (χ1n) is 7.39. The Morgan fingerprint density at radius 3 is 2.32 bits per heavy atom. The highest BCUT2D eigenvalue weighted by Gasteiger charge is 2.62. The molecular formula is C16H21NO3SSi. The molecule has 0 aliphatic carbocycles. The van der Waals surface area contributed by atoms with Crippen molar-refractivity contribution in [2.45, 2.75) is 37.1 Å². The van der Waals surface area contributed by atoms with Crippen molar-refractivity contribution in [3.05, 3.63) is 60.1 Å². The van der Waals surface area contributed by atoms with E-state index in [1.54, 1.807) is 10.6 Å². The van der Waals surface area contributed by atoms with Crippen molar-refractivity contribution in [3.63, 3.8) is 0 Å². The topological polar surface area (TPSA) is 50.3 Å². The number of hydrogen-bond donors (Lipinski definition) is 0. The van der Waals surface area contributed by atoms with Crippen LogP contribution in [0.15, 0.2) is 53.1 Å². The van der Waals surface area contributed by atoms with Gasteiger partial charge in [-0.05, 0) is 17.7 Å². The minimum Gasteiger partial charge on any atom is -0.468 e. The molecule has 1 aromatic heterocycles. The number of nitrogens with zero attached hydrogens (tertiary/aromatic N) is 1. The average Bonchev–Trinajstić information content (AvgIpc) is 3.00. The van der Waals surface area contributed by atoms with Crippen LogP contribution in [0, 0.1) is 0 Å². The number of rotatable bonds is 5. The lowest BCUT2D eigenvalue weighted by atomic mass is 10.2. The molecule has 1 aliphatic rings. The highest BCUT2D eigenvalue weighted by molar-refractivity contribution is 7.88. The molecule has 118 valence electrons. The summed E-state index contributed by atoms with van der Waals surface area (Å²) >= 11 is 0. The molecule has 3 rings (SSSR count). The van der Waals surface area contributed by atoms with E-state index in [0.29, 0.717) is 0 Å². The standard InChI is InChI=1S/C16H21NO3SSi/c1-22(2,3)16-15(14-10-7-11-20-14)17(16)21(18,19)12-13-8-5-4-6-9-13/h4-11,15-16H,12H2,1-3H3/t15-,16+,17?/m0/s1. The molecule has 1 saturated heterocycles. The van der Waals surface area contributed by atoms with E-state index < -0.39 is 18.1 Å². The summed E-state index contributed by atoms with van der Waals surface area (Å²) in [6.07, 6.45) is 1.61. The maximum Gasteiger partial charge on any atom is 0.219 e. The van der Waals surface area contributed by atoms with Crippen LogP contribution in [0.2, 0.25) is 19.6 Å². The summed E-state index contributed by atoms with van der Waals surface area (Å²) in [5.41, 5.74) is 0.897. The van der Waals surface area contributed by atoms with Crippen LogP contribution in [0.3, 0.4) is 0 Å². The molecule has 2 heterocycles. The van der Waals surface area contributed by atoms with Gasteiger partial charge in [-0.2, -0.15) is 4.31 Å². The lowest BCUT2D eigenvalue weighted by Gasteiger charge is -2.15. The third-order valence-electron chi connectivity index (χ3n) is 3.99. The van der Waals surface area contributed by atoms with E-state index in [9.17, 15) is 8.42 Å². The van der Waals surface area contributed by atoms with Gasteiger partial charge in [-0.15, -0.1) is 0 Å². The maximum atomic E-state index is 12.8. The summed E-state index contributed by atoms with van der Waals surface area (Å²) in [5.74, 6) is 0.801. The fourth-order valence-electron chi connectivity index (χ4n) is 3.01. The van der Waals surface area contributed by atoms with Crippen LogP contribution in [0.25, 0.3) is 0 Å². The second kappa shape index (κ2) is 5.37. The average molecular weight is 336 g/mol. The van der Waals surface area contributed by atoms with E-state index >= 15 is 0 Å². The van der Waals surface area contributed by atoms with Crippen LogP contribution in [0.5, 0.6) is 0 Å². The molecule has 22 heavy (non-hydrogen) atoms. The Labute approximate surface area is 132 Å². The van der Waals surface area contributed by atoms with Crippen LogP contribution in [-0.2, 0) is 15.8 Å². The molecule has 1 fully saturated rings. The fourth-order valence-corrected chi connectivity index (χ4v) is 8.40. The third kappa shape index (κ3) is 2.91. The summed E-state index contributed by atoms with van der Waals surface area (Å²) < 4.78 is 32.8. The van der Waals surface area contributed by atoms with Crippen molar-refractivity contribution >= 4 is 18.1 Å². The van der Waals surface area contributed by atoms with Gasteiger partial charge in [0.25, 0.3) is 0 Å². The minimum atomic E-state index is -3.34. The second-order valence-electron chi connectivity index (χ2n) is 6.84.